The number of ether oxygens (including phenoxy) is 2. The van der Waals surface area contributed by atoms with Crippen molar-refractivity contribution in [2.75, 3.05) is 19.8 Å². The van der Waals surface area contributed by atoms with Crippen LogP contribution in [-0.4, -0.2) is 53.9 Å². The van der Waals surface area contributed by atoms with E-state index in [1.165, 1.54) is 0 Å². The largest absolute Gasteiger partial charge is 0.480 e. The molecule has 3 N–H and O–H groups in total. The lowest BCUT2D eigenvalue weighted by Gasteiger charge is -2.31. The van der Waals surface area contributed by atoms with E-state index in [2.05, 4.69) is 10.3 Å². The fraction of sp³-hybridized carbons (Fsp3) is 0.375. The Morgan fingerprint density at radius 2 is 2.25 bits per heavy atom. The number of amides is 1. The lowest BCUT2D eigenvalue weighted by atomic mass is 10.1. The molecule has 2 atom stereocenters. The van der Waals surface area contributed by atoms with Gasteiger partial charge in [0.25, 0.3) is 5.91 Å². The van der Waals surface area contributed by atoms with E-state index in [1.807, 2.05) is 0 Å². The van der Waals surface area contributed by atoms with Gasteiger partial charge in [0, 0.05) is 22.5 Å². The van der Waals surface area contributed by atoms with Crippen molar-refractivity contribution in [1.29, 1.82) is 0 Å². The van der Waals surface area contributed by atoms with E-state index in [-0.39, 0.29) is 12.5 Å². The van der Waals surface area contributed by atoms with Gasteiger partial charge in [0.15, 0.2) is 0 Å². The second kappa shape index (κ2) is 7.21. The average molecular weight is 353 g/mol. The quantitative estimate of drug-likeness (QED) is 0.762. The second-order valence-electron chi connectivity index (χ2n) is 5.60. The van der Waals surface area contributed by atoms with Crippen molar-refractivity contribution in [3.8, 4) is 0 Å². The minimum Gasteiger partial charge on any atom is -0.480 e. The number of aromatic amines is 1. The number of H-pyrrole nitrogens is 1. The molecule has 2 heterocycles. The number of carbonyl (C=O) groups is 2. The molecule has 1 amide bonds. The topological polar surface area (TPSA) is 101 Å². The van der Waals surface area contributed by atoms with Crippen LogP contribution in [0.15, 0.2) is 24.3 Å². The van der Waals surface area contributed by atoms with E-state index in [4.69, 9.17) is 26.2 Å². The maximum Gasteiger partial charge on any atom is 0.329 e. The molecule has 7 nitrogen and oxygen atoms in total. The summed E-state index contributed by atoms with van der Waals surface area (Å²) in [5, 5.41) is 13.0. The van der Waals surface area contributed by atoms with E-state index < -0.39 is 24.7 Å². The molecule has 1 aliphatic heterocycles. The van der Waals surface area contributed by atoms with Crippen molar-refractivity contribution in [3.05, 3.63) is 35.0 Å². The van der Waals surface area contributed by atoms with E-state index in [1.54, 1.807) is 24.3 Å². The summed E-state index contributed by atoms with van der Waals surface area (Å²) in [5.74, 6) is -1.35. The summed E-state index contributed by atoms with van der Waals surface area (Å²) >= 11 is 5.95. The van der Waals surface area contributed by atoms with Crippen LogP contribution >= 0.6 is 11.6 Å². The van der Waals surface area contributed by atoms with E-state index >= 15 is 0 Å². The highest BCUT2D eigenvalue weighted by molar-refractivity contribution is 6.31. The number of carboxylic acids is 1. The Bertz CT molecular complexity index is 760. The molecule has 1 fully saturated rings. The summed E-state index contributed by atoms with van der Waals surface area (Å²) in [6, 6.07) is 6.63. The van der Waals surface area contributed by atoms with E-state index in [0.717, 1.165) is 10.9 Å². The van der Waals surface area contributed by atoms with Crippen LogP contribution < -0.4 is 5.32 Å². The maximum atomic E-state index is 12.4. The highest BCUT2D eigenvalue weighted by atomic mass is 35.5. The summed E-state index contributed by atoms with van der Waals surface area (Å²) in [4.78, 5) is 26.1. The number of nitrogens with one attached hydrogen (secondary N) is 2. The summed E-state index contributed by atoms with van der Waals surface area (Å²) in [5.41, 5.74) is 1.21. The highest BCUT2D eigenvalue weighted by Crippen LogP contribution is 2.20. The number of fused-ring (bicyclic) bond motifs is 1. The molecule has 3 rings (SSSR count). The lowest BCUT2D eigenvalue weighted by molar-refractivity contribution is -0.147. The van der Waals surface area contributed by atoms with Crippen LogP contribution in [0.4, 0.5) is 0 Å². The average Bonchev–Trinajstić information content (AvgIpc) is 2.97. The first-order valence-electron chi connectivity index (χ1n) is 7.53. The smallest absolute Gasteiger partial charge is 0.329 e. The third-order valence-corrected chi connectivity index (χ3v) is 4.09. The molecule has 0 bridgehead atoms. The Balaban J connectivity index is 1.70. The van der Waals surface area contributed by atoms with Gasteiger partial charge in [-0.05, 0) is 30.7 Å². The van der Waals surface area contributed by atoms with Gasteiger partial charge in [-0.3, -0.25) is 4.79 Å². The molecule has 1 aromatic carbocycles. The van der Waals surface area contributed by atoms with Crippen molar-refractivity contribution in [1.82, 2.24) is 10.3 Å². The third kappa shape index (κ3) is 3.87. The Kier molecular flexibility index (Phi) is 5.03. The van der Waals surface area contributed by atoms with Gasteiger partial charge < -0.3 is 24.9 Å². The minimum atomic E-state index is -1.04. The fourth-order valence-electron chi connectivity index (χ4n) is 2.70. The van der Waals surface area contributed by atoms with Gasteiger partial charge in [-0.15, -0.1) is 0 Å². The molecule has 2 aromatic rings. The summed E-state index contributed by atoms with van der Waals surface area (Å²) < 4.78 is 10.7. The zero-order chi connectivity index (χ0) is 17.1. The number of rotatable bonds is 5. The number of aliphatic carboxylic acids is 1. The Morgan fingerprint density at radius 1 is 1.42 bits per heavy atom. The van der Waals surface area contributed by atoms with Gasteiger partial charge in [0.1, 0.15) is 12.3 Å². The molecule has 0 saturated carbocycles. The van der Waals surface area contributed by atoms with Crippen molar-refractivity contribution in [3.63, 3.8) is 0 Å². The number of hydrogen-bond acceptors (Lipinski definition) is 4. The molecule has 0 unspecified atom stereocenters. The molecule has 0 aliphatic carbocycles. The summed E-state index contributed by atoms with van der Waals surface area (Å²) in [6.07, 6.45) is 0.137. The van der Waals surface area contributed by atoms with Crippen LogP contribution in [0, 0.1) is 0 Å². The van der Waals surface area contributed by atoms with Crippen molar-refractivity contribution >= 4 is 34.4 Å². The predicted octanol–water partition coefficient (Wildman–Crippen LogP) is 1.81. The first-order chi connectivity index (χ1) is 11.5. The molecule has 1 aliphatic rings. The van der Waals surface area contributed by atoms with Gasteiger partial charge in [0.2, 0.25) is 0 Å². The number of halogens is 1. The molecule has 0 spiro atoms. The molecule has 1 aromatic heterocycles. The molecule has 0 radical (unpaired) electrons. The number of benzene rings is 1. The zero-order valence-electron chi connectivity index (χ0n) is 12.8. The Labute approximate surface area is 142 Å². The van der Waals surface area contributed by atoms with Gasteiger partial charge in [-0.25, -0.2) is 4.79 Å². The first-order valence-corrected chi connectivity index (χ1v) is 7.91. The first kappa shape index (κ1) is 16.8. The molecule has 1 saturated heterocycles. The normalized spacial score (nSPS) is 20.9. The Hall–Kier alpha value is -2.09. The molecular formula is C16H17ClN2O5. The van der Waals surface area contributed by atoms with E-state index in [9.17, 15) is 9.59 Å². The summed E-state index contributed by atoms with van der Waals surface area (Å²) in [6.45, 7) is 0.353. The fourth-order valence-corrected chi connectivity index (χ4v) is 2.88. The predicted molar refractivity (Wildman–Crippen MR) is 87.4 cm³/mol. The monoisotopic (exact) mass is 352 g/mol. The minimum absolute atomic E-state index is 0.280. The molecule has 24 heavy (non-hydrogen) atoms. The van der Waals surface area contributed by atoms with Gasteiger partial charge >= 0.3 is 5.97 Å². The van der Waals surface area contributed by atoms with Crippen LogP contribution in [0.1, 0.15) is 16.9 Å². The third-order valence-electron chi connectivity index (χ3n) is 3.86. The summed E-state index contributed by atoms with van der Waals surface area (Å²) in [7, 11) is 0. The zero-order valence-corrected chi connectivity index (χ0v) is 13.5. The maximum absolute atomic E-state index is 12.4. The molecule has 8 heteroatoms. The molecular weight excluding hydrogens is 336 g/mol. The van der Waals surface area contributed by atoms with Crippen LogP contribution in [0.5, 0.6) is 0 Å². The SMILES string of the molecule is O=C(O)CO[C@H]1CCOC[C@H]1NC(=O)c1cc2cc(Cl)ccc2[nH]1. The number of carbonyl (C=O) groups excluding carboxylic acids is 1. The van der Waals surface area contributed by atoms with Crippen LogP contribution in [0.2, 0.25) is 5.02 Å². The van der Waals surface area contributed by atoms with Crippen LogP contribution in [-0.2, 0) is 14.3 Å². The number of aromatic nitrogens is 1. The Morgan fingerprint density at radius 3 is 3.04 bits per heavy atom. The van der Waals surface area contributed by atoms with Crippen molar-refractivity contribution < 1.29 is 24.2 Å². The van der Waals surface area contributed by atoms with Crippen molar-refractivity contribution in [2.24, 2.45) is 0 Å². The van der Waals surface area contributed by atoms with Gasteiger partial charge in [0.05, 0.1) is 18.8 Å². The van der Waals surface area contributed by atoms with Crippen LogP contribution in [0.3, 0.4) is 0 Å². The standard InChI is InChI=1S/C16H17ClN2O5/c17-10-1-2-11-9(5-10)6-12(18-11)16(22)19-13-7-23-4-3-14(13)24-8-15(20)21/h1-2,5-6,13-14,18H,3-4,7-8H2,(H,19,22)(H,20,21)/t13-,14+/m1/s1. The van der Waals surface area contributed by atoms with Gasteiger partial charge in [-0.1, -0.05) is 11.6 Å². The lowest BCUT2D eigenvalue weighted by Crippen LogP contribution is -2.51. The number of carboxylic acid groups (broad SMARTS) is 1. The molecule has 128 valence electrons. The van der Waals surface area contributed by atoms with Crippen molar-refractivity contribution in [2.45, 2.75) is 18.6 Å². The second-order valence-corrected chi connectivity index (χ2v) is 6.04. The number of hydrogen-bond donors (Lipinski definition) is 3. The highest BCUT2D eigenvalue weighted by Gasteiger charge is 2.29. The van der Waals surface area contributed by atoms with Crippen LogP contribution in [0.25, 0.3) is 10.9 Å². The van der Waals surface area contributed by atoms with Gasteiger partial charge in [-0.2, -0.15) is 0 Å². The van der Waals surface area contributed by atoms with E-state index in [0.29, 0.717) is 23.7 Å².